The highest BCUT2D eigenvalue weighted by molar-refractivity contribution is 7.84. The number of benzene rings is 1. The van der Waals surface area contributed by atoms with Gasteiger partial charge in [0.05, 0.1) is 41.4 Å². The monoisotopic (exact) mass is 310 g/mol. The van der Waals surface area contributed by atoms with E-state index in [0.717, 1.165) is 6.07 Å². The molecule has 7 heteroatoms. The van der Waals surface area contributed by atoms with Crippen LogP contribution in [0.25, 0.3) is 0 Å². The summed E-state index contributed by atoms with van der Waals surface area (Å²) in [6.07, 6.45) is 1.53. The maximum absolute atomic E-state index is 13.3. The number of pyridine rings is 1. The third kappa shape index (κ3) is 3.30. The Morgan fingerprint density at radius 2 is 2.05 bits per heavy atom. The van der Waals surface area contributed by atoms with Crippen molar-refractivity contribution in [2.24, 2.45) is 0 Å². The highest BCUT2D eigenvalue weighted by atomic mass is 32.2. The first-order chi connectivity index (χ1) is 10.1. The fourth-order valence-electron chi connectivity index (χ4n) is 1.86. The normalized spacial score (nSPS) is 12.0. The Bertz CT molecular complexity index is 679. The Labute approximate surface area is 124 Å². The van der Waals surface area contributed by atoms with E-state index in [0.29, 0.717) is 17.2 Å². The Morgan fingerprint density at radius 1 is 1.29 bits per heavy atom. The lowest BCUT2D eigenvalue weighted by molar-refractivity contribution is 0.350. The van der Waals surface area contributed by atoms with Crippen LogP contribution in [0.2, 0.25) is 0 Å². The zero-order valence-corrected chi connectivity index (χ0v) is 12.4. The van der Waals surface area contributed by atoms with Gasteiger partial charge in [0, 0.05) is 18.0 Å². The van der Waals surface area contributed by atoms with Gasteiger partial charge in [0.1, 0.15) is 5.82 Å². The minimum atomic E-state index is -1.54. The summed E-state index contributed by atoms with van der Waals surface area (Å²) in [4.78, 5) is 4.38. The quantitative estimate of drug-likeness (QED) is 0.856. The van der Waals surface area contributed by atoms with Gasteiger partial charge < -0.3 is 15.2 Å². The summed E-state index contributed by atoms with van der Waals surface area (Å²) >= 11 is 0. The zero-order chi connectivity index (χ0) is 15.4. The van der Waals surface area contributed by atoms with Crippen LogP contribution >= 0.6 is 0 Å². The molecule has 0 saturated heterocycles. The van der Waals surface area contributed by atoms with Crippen molar-refractivity contribution in [2.75, 3.05) is 20.0 Å². The lowest BCUT2D eigenvalue weighted by atomic mass is 10.3. The predicted octanol–water partition coefficient (Wildman–Crippen LogP) is 2.13. The summed E-state index contributed by atoms with van der Waals surface area (Å²) in [5, 5.41) is 0. The van der Waals surface area contributed by atoms with Gasteiger partial charge in [-0.1, -0.05) is 0 Å². The van der Waals surface area contributed by atoms with Gasteiger partial charge in [0.2, 0.25) is 0 Å². The average molecular weight is 310 g/mol. The molecule has 1 aromatic carbocycles. The molecule has 0 saturated carbocycles. The maximum Gasteiger partial charge on any atom is 0.183 e. The maximum atomic E-state index is 13.3. The number of hydrogen-bond acceptors (Lipinski definition) is 5. The number of halogens is 1. The van der Waals surface area contributed by atoms with Crippen molar-refractivity contribution in [3.8, 4) is 11.5 Å². The molecule has 1 unspecified atom stereocenters. The first-order valence-electron chi connectivity index (χ1n) is 6.06. The summed E-state index contributed by atoms with van der Waals surface area (Å²) < 4.78 is 36.0. The Hall–Kier alpha value is -2.15. The van der Waals surface area contributed by atoms with Crippen molar-refractivity contribution in [3.05, 3.63) is 42.0 Å². The molecular formula is C14H15FN2O3S. The van der Waals surface area contributed by atoms with Crippen LogP contribution in [-0.4, -0.2) is 23.4 Å². The molecule has 0 spiro atoms. The minimum Gasteiger partial charge on any atom is -0.493 e. The molecule has 1 atom stereocenters. The lowest BCUT2D eigenvalue weighted by Crippen LogP contribution is -2.05. The van der Waals surface area contributed by atoms with Crippen LogP contribution in [0.15, 0.2) is 35.4 Å². The molecule has 2 rings (SSSR count). The molecule has 0 aliphatic heterocycles. The molecule has 21 heavy (non-hydrogen) atoms. The van der Waals surface area contributed by atoms with Crippen molar-refractivity contribution in [1.82, 2.24) is 4.98 Å². The van der Waals surface area contributed by atoms with Gasteiger partial charge >= 0.3 is 0 Å². The molecule has 0 fully saturated rings. The standard InChI is InChI=1S/C14H15FN2O3S/c1-19-12-5-6-17-11(14(12)20-2)8-21(18)13-7-9(15)3-4-10(13)16/h3-7H,8,16H2,1-2H3. The first kappa shape index (κ1) is 15.2. The molecule has 112 valence electrons. The van der Waals surface area contributed by atoms with Crippen molar-refractivity contribution in [1.29, 1.82) is 0 Å². The third-order valence-corrected chi connectivity index (χ3v) is 4.23. The number of aromatic nitrogens is 1. The summed E-state index contributed by atoms with van der Waals surface area (Å²) in [6.45, 7) is 0. The second kappa shape index (κ2) is 6.53. The Morgan fingerprint density at radius 3 is 2.71 bits per heavy atom. The van der Waals surface area contributed by atoms with E-state index >= 15 is 0 Å². The van der Waals surface area contributed by atoms with Crippen LogP contribution in [0.4, 0.5) is 10.1 Å². The van der Waals surface area contributed by atoms with Crippen LogP contribution < -0.4 is 15.2 Å². The van der Waals surface area contributed by atoms with E-state index in [4.69, 9.17) is 15.2 Å². The number of ether oxygens (including phenoxy) is 2. The number of nitrogen functional groups attached to an aromatic ring is 1. The van der Waals surface area contributed by atoms with Gasteiger partial charge in [-0.25, -0.2) is 4.39 Å². The molecule has 1 aromatic heterocycles. The molecule has 2 aromatic rings. The second-order valence-corrected chi connectivity index (χ2v) is 5.58. The molecule has 0 radical (unpaired) electrons. The number of rotatable bonds is 5. The fraction of sp³-hybridized carbons (Fsp3) is 0.214. The number of nitrogens with two attached hydrogens (primary N) is 1. The molecule has 5 nitrogen and oxygen atoms in total. The van der Waals surface area contributed by atoms with Gasteiger partial charge in [-0.3, -0.25) is 9.19 Å². The third-order valence-electron chi connectivity index (χ3n) is 2.85. The lowest BCUT2D eigenvalue weighted by Gasteiger charge is -2.12. The van der Waals surface area contributed by atoms with E-state index in [1.807, 2.05) is 0 Å². The van der Waals surface area contributed by atoms with Gasteiger partial charge in [-0.2, -0.15) is 0 Å². The van der Waals surface area contributed by atoms with Crippen molar-refractivity contribution in [2.45, 2.75) is 10.6 Å². The van der Waals surface area contributed by atoms with E-state index in [1.165, 1.54) is 32.5 Å². The topological polar surface area (TPSA) is 74.4 Å². The molecule has 0 aliphatic carbocycles. The van der Waals surface area contributed by atoms with Gasteiger partial charge in [-0.05, 0) is 18.2 Å². The molecule has 1 heterocycles. The summed E-state index contributed by atoms with van der Waals surface area (Å²) in [5.41, 5.74) is 6.47. The summed E-state index contributed by atoms with van der Waals surface area (Å²) in [7, 11) is 1.44. The molecular weight excluding hydrogens is 295 g/mol. The Balaban J connectivity index is 2.34. The number of anilines is 1. The highest BCUT2D eigenvalue weighted by Crippen LogP contribution is 2.31. The van der Waals surface area contributed by atoms with Crippen molar-refractivity contribution in [3.63, 3.8) is 0 Å². The largest absolute Gasteiger partial charge is 0.493 e. The predicted molar refractivity (Wildman–Crippen MR) is 78.3 cm³/mol. The SMILES string of the molecule is COc1ccnc(CS(=O)c2cc(F)ccc2N)c1OC. The van der Waals surface area contributed by atoms with Gasteiger partial charge in [-0.15, -0.1) is 0 Å². The average Bonchev–Trinajstić information content (AvgIpc) is 2.49. The van der Waals surface area contributed by atoms with E-state index in [2.05, 4.69) is 4.98 Å². The number of methoxy groups -OCH3 is 2. The summed E-state index contributed by atoms with van der Waals surface area (Å²) in [6, 6.07) is 5.42. The molecule has 0 bridgehead atoms. The van der Waals surface area contributed by atoms with Crippen LogP contribution in [0.5, 0.6) is 11.5 Å². The fourth-order valence-corrected chi connectivity index (χ4v) is 3.05. The van der Waals surface area contributed by atoms with E-state index in [-0.39, 0.29) is 16.3 Å². The zero-order valence-electron chi connectivity index (χ0n) is 11.6. The van der Waals surface area contributed by atoms with E-state index in [9.17, 15) is 8.60 Å². The van der Waals surface area contributed by atoms with Crippen LogP contribution in [0.1, 0.15) is 5.69 Å². The van der Waals surface area contributed by atoms with Crippen LogP contribution in [-0.2, 0) is 16.6 Å². The summed E-state index contributed by atoms with van der Waals surface area (Å²) in [5.74, 6) is 0.460. The number of nitrogens with zero attached hydrogens (tertiary/aromatic N) is 1. The number of hydrogen-bond donors (Lipinski definition) is 1. The van der Waals surface area contributed by atoms with Crippen LogP contribution in [0, 0.1) is 5.82 Å². The minimum absolute atomic E-state index is 0.0496. The van der Waals surface area contributed by atoms with Crippen LogP contribution in [0.3, 0.4) is 0 Å². The van der Waals surface area contributed by atoms with Crippen molar-refractivity contribution < 1.29 is 18.1 Å². The smallest absolute Gasteiger partial charge is 0.183 e. The van der Waals surface area contributed by atoms with E-state index < -0.39 is 16.6 Å². The van der Waals surface area contributed by atoms with Crippen molar-refractivity contribution >= 4 is 16.5 Å². The molecule has 0 aliphatic rings. The van der Waals surface area contributed by atoms with Gasteiger partial charge in [0.15, 0.2) is 11.5 Å². The van der Waals surface area contributed by atoms with E-state index in [1.54, 1.807) is 6.07 Å². The highest BCUT2D eigenvalue weighted by Gasteiger charge is 2.16. The molecule has 2 N–H and O–H groups in total. The first-order valence-corrected chi connectivity index (χ1v) is 7.38. The molecule has 0 amide bonds. The Kier molecular flexibility index (Phi) is 4.74. The van der Waals surface area contributed by atoms with Gasteiger partial charge in [0.25, 0.3) is 0 Å². The second-order valence-electron chi connectivity index (χ2n) is 4.17.